The van der Waals surface area contributed by atoms with Crippen LogP contribution in [0.15, 0.2) is 47.1 Å². The van der Waals surface area contributed by atoms with Crippen LogP contribution in [0.25, 0.3) is 0 Å². The number of benzene rings is 1. The Morgan fingerprint density at radius 1 is 1.12 bits per heavy atom. The number of aliphatic hydroxyl groups excluding tert-OH is 1. The average molecular weight is 242 g/mol. The molecular formula is C12H9F3O2. The van der Waals surface area contributed by atoms with Gasteiger partial charge in [-0.05, 0) is 29.8 Å². The van der Waals surface area contributed by atoms with Gasteiger partial charge in [0.2, 0.25) is 0 Å². The van der Waals surface area contributed by atoms with Gasteiger partial charge in [0, 0.05) is 0 Å². The average Bonchev–Trinajstić information content (AvgIpc) is 2.80. The summed E-state index contributed by atoms with van der Waals surface area (Å²) in [5.74, 6) is 0.212. The highest BCUT2D eigenvalue weighted by atomic mass is 19.4. The predicted molar refractivity (Wildman–Crippen MR) is 54.2 cm³/mol. The maximum absolute atomic E-state index is 12.5. The summed E-state index contributed by atoms with van der Waals surface area (Å²) >= 11 is 0. The fourth-order valence-electron chi connectivity index (χ4n) is 1.50. The molecule has 2 aromatic rings. The minimum Gasteiger partial charge on any atom is -0.466 e. The van der Waals surface area contributed by atoms with Crippen molar-refractivity contribution in [2.24, 2.45) is 0 Å². The lowest BCUT2D eigenvalue weighted by molar-refractivity contribution is -0.137. The molecule has 0 aliphatic heterocycles. The quantitative estimate of drug-likeness (QED) is 0.875. The van der Waals surface area contributed by atoms with E-state index in [9.17, 15) is 18.3 Å². The maximum atomic E-state index is 12.5. The Hall–Kier alpha value is -1.75. The van der Waals surface area contributed by atoms with Crippen LogP contribution < -0.4 is 0 Å². The smallest absolute Gasteiger partial charge is 0.416 e. The molecule has 0 radical (unpaired) electrons. The Morgan fingerprint density at radius 2 is 1.88 bits per heavy atom. The van der Waals surface area contributed by atoms with E-state index in [1.54, 1.807) is 6.07 Å². The van der Waals surface area contributed by atoms with Crippen molar-refractivity contribution in [1.29, 1.82) is 0 Å². The van der Waals surface area contributed by atoms with E-state index in [2.05, 4.69) is 0 Å². The zero-order valence-corrected chi connectivity index (χ0v) is 8.61. The molecule has 1 aromatic heterocycles. The van der Waals surface area contributed by atoms with Gasteiger partial charge in [-0.25, -0.2) is 0 Å². The Balaban J connectivity index is 2.34. The highest BCUT2D eigenvalue weighted by Crippen LogP contribution is 2.32. The highest BCUT2D eigenvalue weighted by Gasteiger charge is 2.31. The first-order valence-corrected chi connectivity index (χ1v) is 4.87. The van der Waals surface area contributed by atoms with Crippen LogP contribution >= 0.6 is 0 Å². The van der Waals surface area contributed by atoms with E-state index < -0.39 is 17.8 Å². The molecule has 0 saturated carbocycles. The van der Waals surface area contributed by atoms with Crippen molar-refractivity contribution in [2.45, 2.75) is 12.3 Å². The van der Waals surface area contributed by atoms with E-state index in [1.807, 2.05) is 0 Å². The van der Waals surface area contributed by atoms with Crippen molar-refractivity contribution in [3.63, 3.8) is 0 Å². The fourth-order valence-corrected chi connectivity index (χ4v) is 1.50. The third kappa shape index (κ3) is 2.50. The predicted octanol–water partition coefficient (Wildman–Crippen LogP) is 3.38. The van der Waals surface area contributed by atoms with E-state index in [-0.39, 0.29) is 11.3 Å². The zero-order chi connectivity index (χ0) is 12.5. The van der Waals surface area contributed by atoms with Crippen molar-refractivity contribution in [1.82, 2.24) is 0 Å². The summed E-state index contributed by atoms with van der Waals surface area (Å²) in [5.41, 5.74) is -0.643. The summed E-state index contributed by atoms with van der Waals surface area (Å²) in [4.78, 5) is 0. The molecule has 0 fully saturated rings. The molecule has 0 aliphatic carbocycles. The number of alkyl halides is 3. The Morgan fingerprint density at radius 3 is 2.47 bits per heavy atom. The minimum atomic E-state index is -4.42. The van der Waals surface area contributed by atoms with Gasteiger partial charge in [0.1, 0.15) is 11.9 Å². The highest BCUT2D eigenvalue weighted by molar-refractivity contribution is 5.30. The normalized spacial score (nSPS) is 13.6. The van der Waals surface area contributed by atoms with E-state index in [0.29, 0.717) is 0 Å². The van der Waals surface area contributed by atoms with Crippen LogP contribution in [0.5, 0.6) is 0 Å². The zero-order valence-electron chi connectivity index (χ0n) is 8.61. The first-order valence-electron chi connectivity index (χ1n) is 4.87. The molecular weight excluding hydrogens is 233 g/mol. The van der Waals surface area contributed by atoms with Gasteiger partial charge in [0.25, 0.3) is 0 Å². The van der Waals surface area contributed by atoms with Gasteiger partial charge in [0.15, 0.2) is 0 Å². The number of hydrogen-bond acceptors (Lipinski definition) is 2. The SMILES string of the molecule is OC(c1cccc(C(F)(F)F)c1)c1ccco1. The summed E-state index contributed by atoms with van der Waals surface area (Å²) in [5, 5.41) is 9.81. The molecule has 0 amide bonds. The van der Waals surface area contributed by atoms with Crippen LogP contribution in [0.1, 0.15) is 23.0 Å². The second-order valence-electron chi connectivity index (χ2n) is 3.54. The topological polar surface area (TPSA) is 33.4 Å². The standard InChI is InChI=1S/C12H9F3O2/c13-12(14,15)9-4-1-3-8(7-9)11(16)10-5-2-6-17-10/h1-7,11,16H. The van der Waals surface area contributed by atoms with Crippen LogP contribution in [0.4, 0.5) is 13.2 Å². The molecule has 1 atom stereocenters. The lowest BCUT2D eigenvalue weighted by atomic mass is 10.0. The van der Waals surface area contributed by atoms with Crippen LogP contribution in [-0.2, 0) is 6.18 Å². The molecule has 1 heterocycles. The largest absolute Gasteiger partial charge is 0.466 e. The van der Waals surface area contributed by atoms with Crippen molar-refractivity contribution in [2.75, 3.05) is 0 Å². The van der Waals surface area contributed by atoms with E-state index in [4.69, 9.17) is 4.42 Å². The minimum absolute atomic E-state index is 0.148. The molecule has 0 aliphatic rings. The van der Waals surface area contributed by atoms with E-state index in [0.717, 1.165) is 12.1 Å². The van der Waals surface area contributed by atoms with Crippen LogP contribution in [0.2, 0.25) is 0 Å². The lowest BCUT2D eigenvalue weighted by Crippen LogP contribution is -2.07. The van der Waals surface area contributed by atoms with Crippen LogP contribution in [0.3, 0.4) is 0 Å². The molecule has 0 bridgehead atoms. The molecule has 5 heteroatoms. The number of hydrogen-bond donors (Lipinski definition) is 1. The Bertz CT molecular complexity index is 489. The third-order valence-electron chi connectivity index (χ3n) is 2.34. The van der Waals surface area contributed by atoms with Crippen molar-refractivity contribution in [3.8, 4) is 0 Å². The molecule has 1 unspecified atom stereocenters. The Kier molecular flexibility index (Phi) is 2.93. The van der Waals surface area contributed by atoms with E-state index >= 15 is 0 Å². The second kappa shape index (κ2) is 4.25. The molecule has 1 N–H and O–H groups in total. The summed E-state index contributed by atoms with van der Waals surface area (Å²) in [7, 11) is 0. The van der Waals surface area contributed by atoms with Gasteiger partial charge in [-0.15, -0.1) is 0 Å². The summed E-state index contributed by atoms with van der Waals surface area (Å²) in [6.07, 6.45) is -4.25. The summed E-state index contributed by atoms with van der Waals surface area (Å²) in [6.45, 7) is 0. The van der Waals surface area contributed by atoms with Crippen molar-refractivity contribution < 1.29 is 22.7 Å². The van der Waals surface area contributed by atoms with Gasteiger partial charge in [-0.2, -0.15) is 13.2 Å². The third-order valence-corrected chi connectivity index (χ3v) is 2.34. The van der Waals surface area contributed by atoms with Crippen molar-refractivity contribution in [3.05, 3.63) is 59.5 Å². The first-order chi connectivity index (χ1) is 7.98. The van der Waals surface area contributed by atoms with Crippen LogP contribution in [-0.4, -0.2) is 5.11 Å². The fraction of sp³-hybridized carbons (Fsp3) is 0.167. The number of rotatable bonds is 2. The molecule has 2 rings (SSSR count). The van der Waals surface area contributed by atoms with E-state index in [1.165, 1.54) is 24.5 Å². The summed E-state index contributed by atoms with van der Waals surface area (Å²) in [6, 6.07) is 7.61. The maximum Gasteiger partial charge on any atom is 0.416 e. The monoisotopic (exact) mass is 242 g/mol. The summed E-state index contributed by atoms with van der Waals surface area (Å²) < 4.78 is 42.3. The lowest BCUT2D eigenvalue weighted by Gasteiger charge is -2.11. The van der Waals surface area contributed by atoms with Crippen molar-refractivity contribution >= 4 is 0 Å². The molecule has 90 valence electrons. The first kappa shape index (κ1) is 11.7. The Labute approximate surface area is 95.3 Å². The molecule has 2 nitrogen and oxygen atoms in total. The van der Waals surface area contributed by atoms with Gasteiger partial charge in [-0.1, -0.05) is 12.1 Å². The number of furan rings is 1. The number of aliphatic hydroxyl groups is 1. The van der Waals surface area contributed by atoms with Gasteiger partial charge < -0.3 is 9.52 Å². The molecule has 1 aromatic carbocycles. The molecule has 0 spiro atoms. The van der Waals surface area contributed by atoms with Gasteiger partial charge in [-0.3, -0.25) is 0 Å². The molecule has 0 saturated heterocycles. The van der Waals surface area contributed by atoms with Crippen LogP contribution in [0, 0.1) is 0 Å². The molecule has 17 heavy (non-hydrogen) atoms. The number of halogens is 3. The van der Waals surface area contributed by atoms with Gasteiger partial charge >= 0.3 is 6.18 Å². The second-order valence-corrected chi connectivity index (χ2v) is 3.54. The van der Waals surface area contributed by atoms with Gasteiger partial charge in [0.05, 0.1) is 11.8 Å².